The van der Waals surface area contributed by atoms with E-state index >= 15 is 4.39 Å². The van der Waals surface area contributed by atoms with Gasteiger partial charge in [0.25, 0.3) is 5.56 Å². The number of anilines is 1. The Morgan fingerprint density at radius 1 is 1.32 bits per heavy atom. The first-order valence-corrected chi connectivity index (χ1v) is 11.8. The van der Waals surface area contributed by atoms with Crippen LogP contribution in [-0.4, -0.2) is 45.7 Å². The Bertz CT molecular complexity index is 1250. The number of aromatic amines is 1. The number of ether oxygens (including phenoxy) is 1. The smallest absolute Gasteiger partial charge is 0.252 e. The van der Waals surface area contributed by atoms with E-state index in [0.29, 0.717) is 41.8 Å². The molecule has 0 spiro atoms. The fourth-order valence-electron chi connectivity index (χ4n) is 5.12. The van der Waals surface area contributed by atoms with Gasteiger partial charge in [-0.05, 0) is 63.8 Å². The van der Waals surface area contributed by atoms with Crippen molar-refractivity contribution in [2.24, 2.45) is 7.05 Å². The summed E-state index contributed by atoms with van der Waals surface area (Å²) in [6, 6.07) is 3.91. The number of aromatic nitrogens is 3. The maximum atomic E-state index is 15.0. The zero-order chi connectivity index (χ0) is 24.6. The van der Waals surface area contributed by atoms with Crippen LogP contribution < -0.4 is 15.8 Å². The standard InChI is InChI=1S/C25H34FN5O3/c1-6-31(17-7-9-34-10-8-17)22-16(4)18(12-20-21(22)23(26)29-30(20)5)24(32)27-13-19-14(2)11-15(3)28-25(19)33/h11-12,17,24,27,32H,6-10,13H2,1-5H3,(H,28,33). The van der Waals surface area contributed by atoms with Crippen LogP contribution in [0.25, 0.3) is 10.9 Å². The van der Waals surface area contributed by atoms with Gasteiger partial charge in [-0.15, -0.1) is 5.10 Å². The van der Waals surface area contributed by atoms with Gasteiger partial charge in [-0.25, -0.2) is 0 Å². The first-order chi connectivity index (χ1) is 16.2. The summed E-state index contributed by atoms with van der Waals surface area (Å²) in [4.78, 5) is 17.4. The lowest BCUT2D eigenvalue weighted by Crippen LogP contribution is -2.40. The van der Waals surface area contributed by atoms with Crippen molar-refractivity contribution < 1.29 is 14.2 Å². The number of nitrogens with one attached hydrogen (secondary N) is 2. The van der Waals surface area contributed by atoms with Gasteiger partial charge in [0.15, 0.2) is 0 Å². The van der Waals surface area contributed by atoms with Gasteiger partial charge in [0.1, 0.15) is 6.23 Å². The molecule has 3 aromatic rings. The van der Waals surface area contributed by atoms with Gasteiger partial charge in [0.05, 0.1) is 16.6 Å². The summed E-state index contributed by atoms with van der Waals surface area (Å²) < 4.78 is 22.1. The Balaban J connectivity index is 1.75. The molecule has 1 aliphatic rings. The maximum Gasteiger partial charge on any atom is 0.252 e. The summed E-state index contributed by atoms with van der Waals surface area (Å²) in [5.74, 6) is -0.517. The molecule has 1 fully saturated rings. The molecule has 0 radical (unpaired) electrons. The lowest BCUT2D eigenvalue weighted by Gasteiger charge is -2.37. The number of H-pyrrole nitrogens is 1. The third-order valence-electron chi connectivity index (χ3n) is 6.89. The molecule has 0 amide bonds. The van der Waals surface area contributed by atoms with E-state index in [0.717, 1.165) is 35.3 Å². The molecular formula is C25H34FN5O3. The highest BCUT2D eigenvalue weighted by atomic mass is 19.1. The Labute approximate surface area is 198 Å². The van der Waals surface area contributed by atoms with E-state index in [1.54, 1.807) is 13.1 Å². The van der Waals surface area contributed by atoms with Crippen LogP contribution >= 0.6 is 0 Å². The molecule has 184 valence electrons. The number of fused-ring (bicyclic) bond motifs is 1. The van der Waals surface area contributed by atoms with Crippen molar-refractivity contribution in [2.45, 2.75) is 59.4 Å². The molecular weight excluding hydrogens is 437 g/mol. The largest absolute Gasteiger partial charge is 0.381 e. The van der Waals surface area contributed by atoms with Gasteiger partial charge < -0.3 is 19.7 Å². The van der Waals surface area contributed by atoms with E-state index in [1.807, 2.05) is 26.8 Å². The molecule has 1 aliphatic heterocycles. The zero-order valence-corrected chi connectivity index (χ0v) is 20.5. The molecule has 8 nitrogen and oxygen atoms in total. The molecule has 1 saturated heterocycles. The van der Waals surface area contributed by atoms with Crippen molar-refractivity contribution >= 4 is 16.6 Å². The van der Waals surface area contributed by atoms with Crippen molar-refractivity contribution in [3.8, 4) is 0 Å². The number of aliphatic hydroxyl groups is 1. The molecule has 3 N–H and O–H groups in total. The quantitative estimate of drug-likeness (QED) is 0.459. The molecule has 3 heterocycles. The highest BCUT2D eigenvalue weighted by Gasteiger charge is 2.29. The van der Waals surface area contributed by atoms with Crippen molar-refractivity contribution in [1.29, 1.82) is 0 Å². The fourth-order valence-corrected chi connectivity index (χ4v) is 5.12. The summed E-state index contributed by atoms with van der Waals surface area (Å²) >= 11 is 0. The van der Waals surface area contributed by atoms with Gasteiger partial charge >= 0.3 is 0 Å². The number of rotatable bonds is 7. The molecule has 0 saturated carbocycles. The van der Waals surface area contributed by atoms with E-state index in [9.17, 15) is 9.90 Å². The Morgan fingerprint density at radius 2 is 2.03 bits per heavy atom. The van der Waals surface area contributed by atoms with E-state index in [4.69, 9.17) is 4.74 Å². The van der Waals surface area contributed by atoms with Crippen LogP contribution in [0.5, 0.6) is 0 Å². The second-order valence-corrected chi connectivity index (χ2v) is 9.10. The Hall–Kier alpha value is -2.75. The van der Waals surface area contributed by atoms with Gasteiger partial charge in [0, 0.05) is 56.2 Å². The molecule has 4 rings (SSSR count). The van der Waals surface area contributed by atoms with Crippen LogP contribution in [0.4, 0.5) is 10.1 Å². The third-order valence-corrected chi connectivity index (χ3v) is 6.89. The summed E-state index contributed by atoms with van der Waals surface area (Å²) in [6.45, 7) is 9.93. The predicted octanol–water partition coefficient (Wildman–Crippen LogP) is 3.11. The van der Waals surface area contributed by atoms with Gasteiger partial charge in [-0.1, -0.05) is 0 Å². The van der Waals surface area contributed by atoms with Crippen LogP contribution in [0.3, 0.4) is 0 Å². The first kappa shape index (κ1) is 24.4. The van der Waals surface area contributed by atoms with Crippen LogP contribution in [0.2, 0.25) is 0 Å². The molecule has 2 aromatic heterocycles. The third kappa shape index (κ3) is 4.47. The molecule has 1 atom stereocenters. The van der Waals surface area contributed by atoms with E-state index < -0.39 is 12.2 Å². The van der Waals surface area contributed by atoms with Crippen LogP contribution in [0, 0.1) is 26.7 Å². The van der Waals surface area contributed by atoms with Crippen LogP contribution in [0.1, 0.15) is 53.9 Å². The minimum Gasteiger partial charge on any atom is -0.381 e. The zero-order valence-electron chi connectivity index (χ0n) is 20.5. The highest BCUT2D eigenvalue weighted by molar-refractivity contribution is 5.95. The molecule has 34 heavy (non-hydrogen) atoms. The van der Waals surface area contributed by atoms with Crippen LogP contribution in [-0.2, 0) is 18.3 Å². The average Bonchev–Trinajstić information content (AvgIpc) is 3.08. The number of hydrogen-bond acceptors (Lipinski definition) is 6. The fraction of sp³-hybridized carbons (Fsp3) is 0.520. The van der Waals surface area contributed by atoms with Crippen molar-refractivity contribution in [3.63, 3.8) is 0 Å². The van der Waals surface area contributed by atoms with Crippen LogP contribution in [0.15, 0.2) is 16.9 Å². The van der Waals surface area contributed by atoms with Gasteiger partial charge in [0.2, 0.25) is 5.95 Å². The number of nitrogens with zero attached hydrogens (tertiary/aromatic N) is 3. The minimum absolute atomic E-state index is 0.171. The second-order valence-electron chi connectivity index (χ2n) is 9.10. The SMILES string of the molecule is CCN(c1c(C)c(C(O)NCc2c(C)cc(C)[nH]c2=O)cc2c1c(F)nn2C)C1CCOCC1. The molecule has 0 bridgehead atoms. The van der Waals surface area contributed by atoms with E-state index in [-0.39, 0.29) is 18.1 Å². The number of aliphatic hydroxyl groups excluding tert-OH is 1. The first-order valence-electron chi connectivity index (χ1n) is 11.8. The van der Waals surface area contributed by atoms with E-state index in [1.165, 1.54) is 4.68 Å². The van der Waals surface area contributed by atoms with Crippen molar-refractivity contribution in [1.82, 2.24) is 20.1 Å². The van der Waals surface area contributed by atoms with Gasteiger partial charge in [-0.2, -0.15) is 4.39 Å². The van der Waals surface area contributed by atoms with Gasteiger partial charge in [-0.3, -0.25) is 14.8 Å². The summed E-state index contributed by atoms with van der Waals surface area (Å²) in [5, 5.41) is 18.7. The molecule has 9 heteroatoms. The molecule has 0 aliphatic carbocycles. The summed E-state index contributed by atoms with van der Waals surface area (Å²) in [5.41, 5.74) is 4.87. The van der Waals surface area contributed by atoms with Crippen molar-refractivity contribution in [2.75, 3.05) is 24.7 Å². The summed E-state index contributed by atoms with van der Waals surface area (Å²) in [7, 11) is 1.70. The predicted molar refractivity (Wildman–Crippen MR) is 131 cm³/mol. The topological polar surface area (TPSA) is 95.4 Å². The highest BCUT2D eigenvalue weighted by Crippen LogP contribution is 2.38. The number of aryl methyl sites for hydroxylation is 3. The lowest BCUT2D eigenvalue weighted by atomic mass is 9.97. The Kier molecular flexibility index (Phi) is 7.06. The maximum absolute atomic E-state index is 15.0. The summed E-state index contributed by atoms with van der Waals surface area (Å²) in [6.07, 6.45) is 0.670. The molecule has 1 unspecified atom stereocenters. The van der Waals surface area contributed by atoms with Crippen molar-refractivity contribution in [3.05, 3.63) is 56.4 Å². The lowest BCUT2D eigenvalue weighted by molar-refractivity contribution is 0.0846. The second kappa shape index (κ2) is 9.85. The number of hydrogen-bond donors (Lipinski definition) is 3. The molecule has 1 aromatic carbocycles. The number of pyridine rings is 1. The average molecular weight is 472 g/mol. The normalized spacial score (nSPS) is 15.7. The number of halogens is 1. The monoisotopic (exact) mass is 471 g/mol. The Morgan fingerprint density at radius 3 is 2.68 bits per heavy atom. The van der Waals surface area contributed by atoms with E-state index in [2.05, 4.69) is 27.2 Å². The minimum atomic E-state index is -1.05. The number of benzene rings is 1.